The third-order valence-corrected chi connectivity index (χ3v) is 5.51. The number of halogens is 2. The summed E-state index contributed by atoms with van der Waals surface area (Å²) in [4.78, 5) is 36.2. The second-order valence-corrected chi connectivity index (χ2v) is 7.86. The molecule has 32 heavy (non-hydrogen) atoms. The van der Waals surface area contributed by atoms with Gasteiger partial charge in [-0.15, -0.1) is 0 Å². The standard InChI is InChI=1S/C24H18Cl2N4O2/c1-30(20-10-9-16(25)12-18(20)26)21(31)14-29-22-17(24(32)15-6-3-2-4-7-15)13-28-19-8-5-11-27-23(19)22/h2-13H,14H2,1H3,(H,28,29). The number of anilines is 2. The van der Waals surface area contributed by atoms with E-state index in [0.717, 1.165) is 0 Å². The highest BCUT2D eigenvalue weighted by molar-refractivity contribution is 6.36. The number of amides is 1. The maximum atomic E-state index is 13.2. The molecule has 1 amide bonds. The number of fused-ring (bicyclic) bond motifs is 1. The van der Waals surface area contributed by atoms with Crippen molar-refractivity contribution in [1.29, 1.82) is 0 Å². The van der Waals surface area contributed by atoms with E-state index in [1.54, 1.807) is 67.8 Å². The molecule has 4 aromatic rings. The third-order valence-electron chi connectivity index (χ3n) is 4.97. The Hall–Kier alpha value is -3.48. The van der Waals surface area contributed by atoms with Crippen molar-refractivity contribution in [3.8, 4) is 0 Å². The summed E-state index contributed by atoms with van der Waals surface area (Å²) in [6, 6.07) is 17.4. The van der Waals surface area contributed by atoms with Crippen molar-refractivity contribution >= 4 is 57.3 Å². The molecule has 0 fully saturated rings. The van der Waals surface area contributed by atoms with Gasteiger partial charge in [0.1, 0.15) is 5.52 Å². The highest BCUT2D eigenvalue weighted by Crippen LogP contribution is 2.29. The zero-order valence-electron chi connectivity index (χ0n) is 17.0. The first-order chi connectivity index (χ1) is 15.5. The van der Waals surface area contributed by atoms with Crippen LogP contribution in [-0.2, 0) is 4.79 Å². The molecule has 2 aromatic heterocycles. The van der Waals surface area contributed by atoms with Gasteiger partial charge < -0.3 is 10.2 Å². The average molecular weight is 465 g/mol. The fourth-order valence-electron chi connectivity index (χ4n) is 3.29. The highest BCUT2D eigenvalue weighted by Gasteiger charge is 2.20. The molecule has 4 rings (SSSR count). The summed E-state index contributed by atoms with van der Waals surface area (Å²) in [5.41, 5.74) is 2.95. The highest BCUT2D eigenvalue weighted by atomic mass is 35.5. The van der Waals surface area contributed by atoms with E-state index < -0.39 is 0 Å². The predicted molar refractivity (Wildman–Crippen MR) is 128 cm³/mol. The van der Waals surface area contributed by atoms with Crippen LogP contribution in [0.5, 0.6) is 0 Å². The summed E-state index contributed by atoms with van der Waals surface area (Å²) in [7, 11) is 1.62. The maximum Gasteiger partial charge on any atom is 0.246 e. The van der Waals surface area contributed by atoms with Crippen LogP contribution >= 0.6 is 23.2 Å². The van der Waals surface area contributed by atoms with Gasteiger partial charge >= 0.3 is 0 Å². The number of carbonyl (C=O) groups is 2. The van der Waals surface area contributed by atoms with Gasteiger partial charge in [-0.05, 0) is 30.3 Å². The van der Waals surface area contributed by atoms with Crippen LogP contribution in [0.3, 0.4) is 0 Å². The number of aromatic nitrogens is 2. The number of benzene rings is 2. The van der Waals surface area contributed by atoms with Crippen LogP contribution in [0.2, 0.25) is 10.0 Å². The number of likely N-dealkylation sites (N-methyl/N-ethyl adjacent to an activating group) is 1. The van der Waals surface area contributed by atoms with Crippen LogP contribution in [0.15, 0.2) is 73.1 Å². The number of rotatable bonds is 6. The van der Waals surface area contributed by atoms with Gasteiger partial charge in [0.15, 0.2) is 5.78 Å². The van der Waals surface area contributed by atoms with Crippen LogP contribution in [-0.4, -0.2) is 35.3 Å². The number of ketones is 1. The lowest BCUT2D eigenvalue weighted by Gasteiger charge is -2.20. The molecule has 0 atom stereocenters. The quantitative estimate of drug-likeness (QED) is 0.394. The topological polar surface area (TPSA) is 75.2 Å². The molecule has 0 saturated heterocycles. The number of nitrogens with one attached hydrogen (secondary N) is 1. The van der Waals surface area contributed by atoms with Crippen molar-refractivity contribution < 1.29 is 9.59 Å². The lowest BCUT2D eigenvalue weighted by Crippen LogP contribution is -2.32. The van der Waals surface area contributed by atoms with E-state index in [4.69, 9.17) is 23.2 Å². The number of pyridine rings is 2. The first-order valence-electron chi connectivity index (χ1n) is 9.74. The summed E-state index contributed by atoms with van der Waals surface area (Å²) in [6.45, 7) is -0.0831. The van der Waals surface area contributed by atoms with Crippen LogP contribution in [0.25, 0.3) is 11.0 Å². The summed E-state index contributed by atoms with van der Waals surface area (Å²) in [5.74, 6) is -0.470. The molecule has 0 aliphatic heterocycles. The van der Waals surface area contributed by atoms with Gasteiger partial charge in [-0.2, -0.15) is 0 Å². The van der Waals surface area contributed by atoms with Gasteiger partial charge in [-0.25, -0.2) is 0 Å². The van der Waals surface area contributed by atoms with E-state index in [2.05, 4.69) is 15.3 Å². The third kappa shape index (κ3) is 4.42. The first kappa shape index (κ1) is 21.7. The van der Waals surface area contributed by atoms with Gasteiger partial charge in [-0.1, -0.05) is 53.5 Å². The monoisotopic (exact) mass is 464 g/mol. The zero-order valence-corrected chi connectivity index (χ0v) is 18.6. The van der Waals surface area contributed by atoms with Gasteiger partial charge in [0.05, 0.1) is 34.0 Å². The summed E-state index contributed by atoms with van der Waals surface area (Å²) in [6.07, 6.45) is 3.12. The van der Waals surface area contributed by atoms with Gasteiger partial charge in [0.2, 0.25) is 5.91 Å². The van der Waals surface area contributed by atoms with E-state index in [9.17, 15) is 9.59 Å². The minimum atomic E-state index is -0.256. The van der Waals surface area contributed by atoms with Crippen molar-refractivity contribution in [3.05, 3.63) is 94.2 Å². The molecule has 0 radical (unpaired) electrons. The van der Waals surface area contributed by atoms with Crippen LogP contribution in [0.4, 0.5) is 11.4 Å². The van der Waals surface area contributed by atoms with Gasteiger partial charge in [0, 0.05) is 30.0 Å². The smallest absolute Gasteiger partial charge is 0.246 e. The SMILES string of the molecule is CN(C(=O)CNc1c(C(=O)c2ccccc2)cnc2cccnc12)c1ccc(Cl)cc1Cl. The predicted octanol–water partition coefficient (Wildman–Crippen LogP) is 5.24. The largest absolute Gasteiger partial charge is 0.374 e. The van der Waals surface area contributed by atoms with Gasteiger partial charge in [0.25, 0.3) is 0 Å². The molecule has 0 spiro atoms. The molecule has 2 heterocycles. The first-order valence-corrected chi connectivity index (χ1v) is 10.5. The van der Waals surface area contributed by atoms with Crippen molar-refractivity contribution in [2.24, 2.45) is 0 Å². The van der Waals surface area contributed by atoms with Crippen molar-refractivity contribution in [2.45, 2.75) is 0 Å². The molecule has 0 bridgehead atoms. The molecule has 2 aromatic carbocycles. The van der Waals surface area contributed by atoms with Crippen molar-refractivity contribution in [3.63, 3.8) is 0 Å². The van der Waals surface area contributed by atoms with E-state index in [0.29, 0.717) is 43.6 Å². The average Bonchev–Trinajstić information content (AvgIpc) is 2.82. The number of hydrogen-bond acceptors (Lipinski definition) is 5. The molecule has 6 nitrogen and oxygen atoms in total. The van der Waals surface area contributed by atoms with Crippen molar-refractivity contribution in [1.82, 2.24) is 9.97 Å². The minimum Gasteiger partial charge on any atom is -0.374 e. The Bertz CT molecular complexity index is 1310. The summed E-state index contributed by atoms with van der Waals surface area (Å²) >= 11 is 12.2. The van der Waals surface area contributed by atoms with Crippen LogP contribution < -0.4 is 10.2 Å². The molecule has 0 saturated carbocycles. The van der Waals surface area contributed by atoms with E-state index in [1.165, 1.54) is 11.1 Å². The Morgan fingerprint density at radius 1 is 1.00 bits per heavy atom. The Kier molecular flexibility index (Phi) is 6.35. The lowest BCUT2D eigenvalue weighted by atomic mass is 10.0. The molecule has 8 heteroatoms. The fraction of sp³-hybridized carbons (Fsp3) is 0.0833. The fourth-order valence-corrected chi connectivity index (χ4v) is 3.82. The zero-order chi connectivity index (χ0) is 22.7. The van der Waals surface area contributed by atoms with Crippen LogP contribution in [0.1, 0.15) is 15.9 Å². The van der Waals surface area contributed by atoms with Gasteiger partial charge in [-0.3, -0.25) is 19.6 Å². The lowest BCUT2D eigenvalue weighted by molar-refractivity contribution is -0.116. The van der Waals surface area contributed by atoms with Crippen LogP contribution in [0, 0.1) is 0 Å². The molecule has 0 unspecified atom stereocenters. The minimum absolute atomic E-state index is 0.0831. The van der Waals surface area contributed by atoms with E-state index >= 15 is 0 Å². The molecular weight excluding hydrogens is 447 g/mol. The number of carbonyl (C=O) groups excluding carboxylic acids is 2. The van der Waals surface area contributed by atoms with E-state index in [-0.39, 0.29) is 18.2 Å². The molecule has 160 valence electrons. The Morgan fingerprint density at radius 3 is 2.53 bits per heavy atom. The Morgan fingerprint density at radius 2 is 1.78 bits per heavy atom. The Balaban J connectivity index is 1.65. The maximum absolute atomic E-state index is 13.2. The summed E-state index contributed by atoms with van der Waals surface area (Å²) in [5, 5.41) is 3.95. The second-order valence-electron chi connectivity index (χ2n) is 7.02. The molecule has 0 aliphatic rings. The molecular formula is C24H18Cl2N4O2. The Labute approximate surface area is 194 Å². The van der Waals surface area contributed by atoms with E-state index in [1.807, 2.05) is 6.07 Å². The van der Waals surface area contributed by atoms with Crippen molar-refractivity contribution in [2.75, 3.05) is 23.8 Å². The normalized spacial score (nSPS) is 10.7. The second kappa shape index (κ2) is 9.34. The number of nitrogens with zero attached hydrogens (tertiary/aromatic N) is 3. The molecule has 0 aliphatic carbocycles. The number of hydrogen-bond donors (Lipinski definition) is 1. The molecule has 1 N–H and O–H groups in total. The summed E-state index contributed by atoms with van der Waals surface area (Å²) < 4.78 is 0.